The van der Waals surface area contributed by atoms with Gasteiger partial charge in [0.1, 0.15) is 17.4 Å². The van der Waals surface area contributed by atoms with E-state index < -0.39 is 23.7 Å². The van der Waals surface area contributed by atoms with Crippen LogP contribution in [0.15, 0.2) is 36.4 Å². The number of amides is 1. The van der Waals surface area contributed by atoms with Gasteiger partial charge in [0.25, 0.3) is 0 Å². The monoisotopic (exact) mass is 371 g/mol. The van der Waals surface area contributed by atoms with Crippen molar-refractivity contribution >= 4 is 22.8 Å². The van der Waals surface area contributed by atoms with E-state index in [2.05, 4.69) is 0 Å². The SMILES string of the molecule is COc1ccc2ccccc2c1[C@H]1CCN(C(=O)OC(C)(C)C)[C@H]1C(=O)O. The number of rotatable bonds is 3. The van der Waals surface area contributed by atoms with E-state index in [-0.39, 0.29) is 5.92 Å². The molecule has 2 atom stereocenters. The van der Waals surface area contributed by atoms with Gasteiger partial charge in [-0.05, 0) is 44.0 Å². The molecule has 0 aliphatic carbocycles. The minimum Gasteiger partial charge on any atom is -0.496 e. The van der Waals surface area contributed by atoms with Crippen molar-refractivity contribution in [2.45, 2.75) is 44.8 Å². The van der Waals surface area contributed by atoms with Crippen LogP contribution in [-0.4, -0.2) is 47.4 Å². The van der Waals surface area contributed by atoms with Crippen LogP contribution in [0.2, 0.25) is 0 Å². The van der Waals surface area contributed by atoms with E-state index in [1.54, 1.807) is 27.9 Å². The van der Waals surface area contributed by atoms with E-state index in [4.69, 9.17) is 9.47 Å². The van der Waals surface area contributed by atoms with Crippen LogP contribution in [-0.2, 0) is 9.53 Å². The largest absolute Gasteiger partial charge is 0.496 e. The molecule has 0 bridgehead atoms. The normalized spacial score (nSPS) is 19.9. The number of likely N-dealkylation sites (tertiary alicyclic amines) is 1. The highest BCUT2D eigenvalue weighted by Gasteiger charge is 2.45. The Morgan fingerprint density at radius 2 is 1.85 bits per heavy atom. The summed E-state index contributed by atoms with van der Waals surface area (Å²) in [5.74, 6) is -0.787. The fraction of sp³-hybridized carbons (Fsp3) is 0.429. The molecule has 1 saturated heterocycles. The molecular weight excluding hydrogens is 346 g/mol. The highest BCUT2D eigenvalue weighted by atomic mass is 16.6. The van der Waals surface area contributed by atoms with Crippen LogP contribution in [0, 0.1) is 0 Å². The maximum Gasteiger partial charge on any atom is 0.411 e. The van der Waals surface area contributed by atoms with Crippen LogP contribution in [0.3, 0.4) is 0 Å². The first-order valence-corrected chi connectivity index (χ1v) is 9.01. The van der Waals surface area contributed by atoms with Gasteiger partial charge in [-0.25, -0.2) is 9.59 Å². The van der Waals surface area contributed by atoms with Crippen LogP contribution in [0.25, 0.3) is 10.8 Å². The molecule has 0 radical (unpaired) electrons. The van der Waals surface area contributed by atoms with Gasteiger partial charge in [0, 0.05) is 18.0 Å². The molecule has 3 rings (SSSR count). The number of benzene rings is 2. The number of aliphatic carboxylic acids is 1. The average Bonchev–Trinajstić information content (AvgIpc) is 3.04. The van der Waals surface area contributed by atoms with E-state index in [1.807, 2.05) is 36.4 Å². The third-order valence-corrected chi connectivity index (χ3v) is 4.80. The van der Waals surface area contributed by atoms with Crippen molar-refractivity contribution < 1.29 is 24.2 Å². The van der Waals surface area contributed by atoms with Gasteiger partial charge in [0.2, 0.25) is 0 Å². The summed E-state index contributed by atoms with van der Waals surface area (Å²) >= 11 is 0. The molecule has 6 heteroatoms. The Hall–Kier alpha value is -2.76. The number of carbonyl (C=O) groups excluding carboxylic acids is 1. The Morgan fingerprint density at radius 3 is 2.48 bits per heavy atom. The molecule has 1 N–H and O–H groups in total. The Balaban J connectivity index is 2.06. The Bertz CT molecular complexity index is 870. The molecule has 1 aliphatic heterocycles. The number of hydrogen-bond acceptors (Lipinski definition) is 4. The highest BCUT2D eigenvalue weighted by molar-refractivity contribution is 5.90. The van der Waals surface area contributed by atoms with Crippen LogP contribution in [0.4, 0.5) is 4.79 Å². The molecule has 1 fully saturated rings. The summed E-state index contributed by atoms with van der Waals surface area (Å²) < 4.78 is 11.0. The number of fused-ring (bicyclic) bond motifs is 1. The number of ether oxygens (including phenoxy) is 2. The molecule has 144 valence electrons. The number of carboxylic acid groups (broad SMARTS) is 1. The van der Waals surface area contributed by atoms with Crippen molar-refractivity contribution in [2.75, 3.05) is 13.7 Å². The molecule has 1 heterocycles. The Kier molecular flexibility index (Phi) is 5.00. The molecule has 1 aliphatic rings. The van der Waals surface area contributed by atoms with E-state index in [0.29, 0.717) is 18.7 Å². The lowest BCUT2D eigenvalue weighted by Crippen LogP contribution is -2.45. The van der Waals surface area contributed by atoms with Gasteiger partial charge < -0.3 is 14.6 Å². The van der Waals surface area contributed by atoms with Gasteiger partial charge in [-0.2, -0.15) is 0 Å². The summed E-state index contributed by atoms with van der Waals surface area (Å²) in [6.07, 6.45) is -0.0720. The molecular formula is C21H25NO5. The van der Waals surface area contributed by atoms with Gasteiger partial charge in [0.05, 0.1) is 7.11 Å². The number of nitrogens with zero attached hydrogens (tertiary/aromatic N) is 1. The van der Waals surface area contributed by atoms with Crippen molar-refractivity contribution in [1.82, 2.24) is 4.90 Å². The molecule has 0 saturated carbocycles. The fourth-order valence-electron chi connectivity index (χ4n) is 3.76. The van der Waals surface area contributed by atoms with Gasteiger partial charge in [-0.1, -0.05) is 30.3 Å². The summed E-state index contributed by atoms with van der Waals surface area (Å²) in [6, 6.07) is 10.6. The molecule has 1 amide bonds. The summed E-state index contributed by atoms with van der Waals surface area (Å²) in [6.45, 7) is 5.62. The maximum absolute atomic E-state index is 12.6. The molecule has 0 unspecified atom stereocenters. The quantitative estimate of drug-likeness (QED) is 0.882. The maximum atomic E-state index is 12.6. The average molecular weight is 371 g/mol. The van der Waals surface area contributed by atoms with E-state index >= 15 is 0 Å². The summed E-state index contributed by atoms with van der Waals surface area (Å²) in [7, 11) is 1.57. The first kappa shape index (κ1) is 19.0. The predicted octanol–water partition coefficient (Wildman–Crippen LogP) is 4.03. The zero-order valence-corrected chi connectivity index (χ0v) is 16.1. The minimum absolute atomic E-state index is 0.322. The number of carboxylic acids is 1. The lowest BCUT2D eigenvalue weighted by Gasteiger charge is -2.29. The van der Waals surface area contributed by atoms with Crippen LogP contribution < -0.4 is 4.74 Å². The van der Waals surface area contributed by atoms with Crippen molar-refractivity contribution in [3.63, 3.8) is 0 Å². The molecule has 6 nitrogen and oxygen atoms in total. The molecule has 2 aromatic rings. The van der Waals surface area contributed by atoms with Crippen LogP contribution in [0.1, 0.15) is 38.7 Å². The van der Waals surface area contributed by atoms with Gasteiger partial charge in [-0.15, -0.1) is 0 Å². The lowest BCUT2D eigenvalue weighted by atomic mass is 9.87. The topological polar surface area (TPSA) is 76.1 Å². The molecule has 2 aromatic carbocycles. The molecule has 0 spiro atoms. The van der Waals surface area contributed by atoms with Crippen molar-refractivity contribution in [3.05, 3.63) is 42.0 Å². The Morgan fingerprint density at radius 1 is 1.15 bits per heavy atom. The second-order valence-corrected chi connectivity index (χ2v) is 7.75. The van der Waals surface area contributed by atoms with Crippen molar-refractivity contribution in [2.24, 2.45) is 0 Å². The van der Waals surface area contributed by atoms with E-state index in [0.717, 1.165) is 16.3 Å². The fourth-order valence-corrected chi connectivity index (χ4v) is 3.76. The third kappa shape index (κ3) is 3.70. The van der Waals surface area contributed by atoms with Crippen molar-refractivity contribution in [3.8, 4) is 5.75 Å². The summed E-state index contributed by atoms with van der Waals surface area (Å²) in [5, 5.41) is 11.9. The lowest BCUT2D eigenvalue weighted by molar-refractivity contribution is -0.142. The predicted molar refractivity (Wildman–Crippen MR) is 102 cm³/mol. The van der Waals surface area contributed by atoms with Crippen LogP contribution in [0.5, 0.6) is 5.75 Å². The summed E-state index contributed by atoms with van der Waals surface area (Å²) in [5.41, 5.74) is 0.143. The van der Waals surface area contributed by atoms with Gasteiger partial charge >= 0.3 is 12.1 Å². The van der Waals surface area contributed by atoms with Crippen LogP contribution >= 0.6 is 0 Å². The zero-order chi connectivity index (χ0) is 19.8. The standard InChI is InChI=1S/C21H25NO5/c1-21(2,3)27-20(25)22-12-11-15(18(22)19(23)24)17-14-8-6-5-7-13(14)9-10-16(17)26-4/h5-10,15,18H,11-12H2,1-4H3,(H,23,24)/t15-,18-/m1/s1. The number of hydrogen-bond donors (Lipinski definition) is 1. The van der Waals surface area contributed by atoms with E-state index in [9.17, 15) is 14.7 Å². The summed E-state index contributed by atoms with van der Waals surface area (Å²) in [4.78, 5) is 26.0. The Labute approximate surface area is 158 Å². The molecule has 0 aromatic heterocycles. The second kappa shape index (κ2) is 7.10. The first-order chi connectivity index (χ1) is 12.7. The second-order valence-electron chi connectivity index (χ2n) is 7.75. The smallest absolute Gasteiger partial charge is 0.411 e. The molecule has 27 heavy (non-hydrogen) atoms. The highest BCUT2D eigenvalue weighted by Crippen LogP contribution is 2.42. The third-order valence-electron chi connectivity index (χ3n) is 4.80. The van der Waals surface area contributed by atoms with Gasteiger partial charge in [-0.3, -0.25) is 4.90 Å². The van der Waals surface area contributed by atoms with Crippen molar-refractivity contribution in [1.29, 1.82) is 0 Å². The minimum atomic E-state index is -1.04. The number of carbonyl (C=O) groups is 2. The van der Waals surface area contributed by atoms with E-state index in [1.165, 1.54) is 4.90 Å². The first-order valence-electron chi connectivity index (χ1n) is 9.01. The van der Waals surface area contributed by atoms with Gasteiger partial charge in [0.15, 0.2) is 0 Å². The number of methoxy groups -OCH3 is 1. The zero-order valence-electron chi connectivity index (χ0n) is 16.1.